The van der Waals surface area contributed by atoms with Crippen LogP contribution in [0.15, 0.2) is 18.2 Å². The van der Waals surface area contributed by atoms with Gasteiger partial charge in [-0.05, 0) is 37.8 Å². The van der Waals surface area contributed by atoms with Crippen molar-refractivity contribution >= 4 is 11.6 Å². The van der Waals surface area contributed by atoms with Crippen LogP contribution in [0.3, 0.4) is 0 Å². The van der Waals surface area contributed by atoms with Gasteiger partial charge in [-0.2, -0.15) is 0 Å². The lowest BCUT2D eigenvalue weighted by molar-refractivity contribution is 0.201. The molecule has 1 fully saturated rings. The van der Waals surface area contributed by atoms with Crippen molar-refractivity contribution in [2.24, 2.45) is 0 Å². The highest BCUT2D eigenvalue weighted by Crippen LogP contribution is 2.31. The predicted molar refractivity (Wildman–Crippen MR) is 54.3 cm³/mol. The van der Waals surface area contributed by atoms with Gasteiger partial charge < -0.3 is 4.74 Å². The summed E-state index contributed by atoms with van der Waals surface area (Å²) in [6.45, 7) is 0. The number of hydrogen-bond acceptors (Lipinski definition) is 1. The molecule has 3 heteroatoms. The second kappa shape index (κ2) is 4.18. The van der Waals surface area contributed by atoms with Gasteiger partial charge in [0.1, 0.15) is 0 Å². The lowest BCUT2D eigenvalue weighted by atomic mass is 10.3. The molecule has 2 rings (SSSR count). The van der Waals surface area contributed by atoms with E-state index in [4.69, 9.17) is 16.3 Å². The Bertz CT molecular complexity index is 301. The molecule has 0 aliphatic heterocycles. The van der Waals surface area contributed by atoms with Gasteiger partial charge >= 0.3 is 0 Å². The maximum Gasteiger partial charge on any atom is 0.173 e. The highest BCUT2D eigenvalue weighted by molar-refractivity contribution is 6.32. The molecule has 0 amide bonds. The minimum absolute atomic E-state index is 0.143. The monoisotopic (exact) mass is 214 g/mol. The van der Waals surface area contributed by atoms with E-state index in [9.17, 15) is 4.39 Å². The fraction of sp³-hybridized carbons (Fsp3) is 0.455. The predicted octanol–water partition coefficient (Wildman–Crippen LogP) is 3.80. The summed E-state index contributed by atoms with van der Waals surface area (Å²) in [5.41, 5.74) is 0. The van der Waals surface area contributed by atoms with Crippen LogP contribution in [0.5, 0.6) is 5.75 Å². The molecule has 0 bridgehead atoms. The number of halogens is 2. The molecule has 0 spiro atoms. The highest BCUT2D eigenvalue weighted by atomic mass is 35.5. The van der Waals surface area contributed by atoms with E-state index in [1.54, 1.807) is 12.1 Å². The molecule has 14 heavy (non-hydrogen) atoms. The Morgan fingerprint density at radius 2 is 2.00 bits per heavy atom. The van der Waals surface area contributed by atoms with Gasteiger partial charge in [-0.1, -0.05) is 17.7 Å². The smallest absolute Gasteiger partial charge is 0.173 e. The van der Waals surface area contributed by atoms with Crippen LogP contribution >= 0.6 is 11.6 Å². The molecule has 0 atom stereocenters. The number of ether oxygens (including phenoxy) is 1. The summed E-state index contributed by atoms with van der Waals surface area (Å²) < 4.78 is 18.8. The van der Waals surface area contributed by atoms with Crippen LogP contribution in [0, 0.1) is 5.82 Å². The molecule has 1 aliphatic carbocycles. The van der Waals surface area contributed by atoms with Gasteiger partial charge in [0.25, 0.3) is 0 Å². The van der Waals surface area contributed by atoms with Crippen LogP contribution in [-0.4, -0.2) is 6.10 Å². The van der Waals surface area contributed by atoms with Gasteiger partial charge in [0.05, 0.1) is 11.1 Å². The van der Waals surface area contributed by atoms with Crippen LogP contribution in [0.2, 0.25) is 5.02 Å². The minimum Gasteiger partial charge on any atom is -0.486 e. The van der Waals surface area contributed by atoms with Crippen molar-refractivity contribution in [3.8, 4) is 5.75 Å². The van der Waals surface area contributed by atoms with E-state index in [0.717, 1.165) is 25.7 Å². The van der Waals surface area contributed by atoms with E-state index >= 15 is 0 Å². The SMILES string of the molecule is Fc1cccc(Cl)c1OC1CCCC1. The number of hydrogen-bond donors (Lipinski definition) is 0. The average Bonchev–Trinajstić information content (AvgIpc) is 2.64. The fourth-order valence-electron chi connectivity index (χ4n) is 1.77. The van der Waals surface area contributed by atoms with E-state index in [2.05, 4.69) is 0 Å². The summed E-state index contributed by atoms with van der Waals surface area (Å²) >= 11 is 5.84. The summed E-state index contributed by atoms with van der Waals surface area (Å²) in [5, 5.41) is 0.358. The Balaban J connectivity index is 2.14. The first kappa shape index (κ1) is 9.78. The Hall–Kier alpha value is -0.760. The molecule has 1 aromatic carbocycles. The molecule has 0 unspecified atom stereocenters. The lowest BCUT2D eigenvalue weighted by Crippen LogP contribution is -2.12. The van der Waals surface area contributed by atoms with E-state index in [1.807, 2.05) is 0 Å². The maximum absolute atomic E-state index is 13.3. The molecule has 0 aromatic heterocycles. The zero-order valence-electron chi connectivity index (χ0n) is 7.80. The first-order chi connectivity index (χ1) is 6.77. The lowest BCUT2D eigenvalue weighted by Gasteiger charge is -2.14. The molecule has 0 heterocycles. The summed E-state index contributed by atoms with van der Waals surface area (Å²) in [6.07, 6.45) is 4.48. The fourth-order valence-corrected chi connectivity index (χ4v) is 1.98. The van der Waals surface area contributed by atoms with Crippen LogP contribution < -0.4 is 4.74 Å². The van der Waals surface area contributed by atoms with E-state index in [0.29, 0.717) is 5.02 Å². The second-order valence-corrected chi connectivity index (χ2v) is 3.98. The van der Waals surface area contributed by atoms with Crippen molar-refractivity contribution in [1.29, 1.82) is 0 Å². The van der Waals surface area contributed by atoms with Crippen molar-refractivity contribution in [2.75, 3.05) is 0 Å². The van der Waals surface area contributed by atoms with Gasteiger partial charge in [-0.3, -0.25) is 0 Å². The van der Waals surface area contributed by atoms with Crippen molar-refractivity contribution in [1.82, 2.24) is 0 Å². The third-order valence-corrected chi connectivity index (χ3v) is 2.80. The van der Waals surface area contributed by atoms with Crippen LogP contribution in [-0.2, 0) is 0 Å². The van der Waals surface area contributed by atoms with E-state index in [-0.39, 0.29) is 17.7 Å². The molecule has 0 saturated heterocycles. The molecule has 1 aliphatic rings. The van der Waals surface area contributed by atoms with Gasteiger partial charge in [0.15, 0.2) is 11.6 Å². The molecule has 1 nitrogen and oxygen atoms in total. The Kier molecular flexibility index (Phi) is 2.92. The summed E-state index contributed by atoms with van der Waals surface area (Å²) in [7, 11) is 0. The third kappa shape index (κ3) is 2.01. The molecular formula is C11H12ClFO. The zero-order valence-corrected chi connectivity index (χ0v) is 8.56. The van der Waals surface area contributed by atoms with Gasteiger partial charge in [0, 0.05) is 0 Å². The minimum atomic E-state index is -0.371. The van der Waals surface area contributed by atoms with Crippen molar-refractivity contribution in [3.05, 3.63) is 29.0 Å². The van der Waals surface area contributed by atoms with Crippen molar-refractivity contribution in [3.63, 3.8) is 0 Å². The summed E-state index contributed by atoms with van der Waals surface area (Å²) in [4.78, 5) is 0. The quantitative estimate of drug-likeness (QED) is 0.728. The summed E-state index contributed by atoms with van der Waals surface area (Å²) in [6, 6.07) is 4.60. The van der Waals surface area contributed by atoms with Gasteiger partial charge in [0.2, 0.25) is 0 Å². The first-order valence-corrected chi connectivity index (χ1v) is 5.26. The Morgan fingerprint density at radius 1 is 1.29 bits per heavy atom. The molecule has 1 saturated carbocycles. The molecule has 0 N–H and O–H groups in total. The van der Waals surface area contributed by atoms with Gasteiger partial charge in [-0.15, -0.1) is 0 Å². The maximum atomic E-state index is 13.3. The van der Waals surface area contributed by atoms with Crippen molar-refractivity contribution in [2.45, 2.75) is 31.8 Å². The normalized spacial score (nSPS) is 17.3. The standard InChI is InChI=1S/C11H12ClFO/c12-9-6-3-7-10(13)11(9)14-8-4-1-2-5-8/h3,6-8H,1-2,4-5H2. The topological polar surface area (TPSA) is 9.23 Å². The Morgan fingerprint density at radius 3 is 2.64 bits per heavy atom. The molecule has 76 valence electrons. The van der Waals surface area contributed by atoms with E-state index in [1.165, 1.54) is 6.07 Å². The zero-order chi connectivity index (χ0) is 9.97. The third-order valence-electron chi connectivity index (χ3n) is 2.51. The summed E-state index contributed by atoms with van der Waals surface area (Å²) in [5.74, 6) is -0.162. The average molecular weight is 215 g/mol. The molecule has 0 radical (unpaired) electrons. The van der Waals surface area contributed by atoms with E-state index < -0.39 is 0 Å². The first-order valence-electron chi connectivity index (χ1n) is 4.88. The Labute approximate surface area is 87.8 Å². The van der Waals surface area contributed by atoms with Crippen LogP contribution in [0.25, 0.3) is 0 Å². The second-order valence-electron chi connectivity index (χ2n) is 3.58. The van der Waals surface area contributed by atoms with Crippen molar-refractivity contribution < 1.29 is 9.13 Å². The highest BCUT2D eigenvalue weighted by Gasteiger charge is 2.19. The molecule has 1 aromatic rings. The molecular weight excluding hydrogens is 203 g/mol. The van der Waals surface area contributed by atoms with Gasteiger partial charge in [-0.25, -0.2) is 4.39 Å². The largest absolute Gasteiger partial charge is 0.486 e. The number of benzene rings is 1. The van der Waals surface area contributed by atoms with Crippen LogP contribution in [0.4, 0.5) is 4.39 Å². The number of rotatable bonds is 2. The van der Waals surface area contributed by atoms with Crippen LogP contribution in [0.1, 0.15) is 25.7 Å². The number of para-hydroxylation sites is 1.